The smallest absolute Gasteiger partial charge is 0.261 e. The van der Waals surface area contributed by atoms with Crippen LogP contribution in [0.2, 0.25) is 0 Å². The lowest BCUT2D eigenvalue weighted by molar-refractivity contribution is -0.523. The summed E-state index contributed by atoms with van der Waals surface area (Å²) in [5.74, 6) is 0. The number of hydrogen-bond acceptors (Lipinski definition) is 3. The molecule has 12 heavy (non-hydrogen) atoms. The molecule has 0 saturated carbocycles. The van der Waals surface area contributed by atoms with Crippen LogP contribution in [0.25, 0.3) is 0 Å². The SMILES string of the molecule is O=[N+]([O-])C(Cl)(Cl)c1ccccn1. The van der Waals surface area contributed by atoms with Crippen LogP contribution in [0.5, 0.6) is 0 Å². The van der Waals surface area contributed by atoms with Crippen LogP contribution in [0.3, 0.4) is 0 Å². The van der Waals surface area contributed by atoms with Gasteiger partial charge in [0.1, 0.15) is 0 Å². The molecule has 0 atom stereocenters. The highest BCUT2D eigenvalue weighted by Crippen LogP contribution is 2.32. The molecule has 0 aromatic carbocycles. The first-order chi connectivity index (χ1) is 5.55. The predicted octanol–water partition coefficient (Wildman–Crippen LogP) is 1.95. The first-order valence-corrected chi connectivity index (χ1v) is 3.74. The molecule has 6 heteroatoms. The standard InChI is InChI=1S/C6H4Cl2N2O2/c7-6(8,10(11)12)5-3-1-2-4-9-5/h1-4H. The lowest BCUT2D eigenvalue weighted by Crippen LogP contribution is -2.22. The van der Waals surface area contributed by atoms with Gasteiger partial charge in [0, 0.05) is 6.20 Å². The van der Waals surface area contributed by atoms with Crippen LogP contribution < -0.4 is 0 Å². The van der Waals surface area contributed by atoms with E-state index >= 15 is 0 Å². The van der Waals surface area contributed by atoms with E-state index in [1.807, 2.05) is 0 Å². The maximum atomic E-state index is 10.3. The minimum absolute atomic E-state index is 0.0123. The molecule has 4 nitrogen and oxygen atoms in total. The molecule has 0 aliphatic carbocycles. The number of nitro groups is 1. The summed E-state index contributed by atoms with van der Waals surface area (Å²) in [6, 6.07) is 4.58. The fourth-order valence-electron chi connectivity index (χ4n) is 0.634. The van der Waals surface area contributed by atoms with Crippen molar-refractivity contribution in [3.8, 4) is 0 Å². The van der Waals surface area contributed by atoms with Crippen molar-refractivity contribution in [3.05, 3.63) is 40.2 Å². The monoisotopic (exact) mass is 206 g/mol. The van der Waals surface area contributed by atoms with Crippen molar-refractivity contribution in [1.82, 2.24) is 4.98 Å². The van der Waals surface area contributed by atoms with Gasteiger partial charge in [-0.1, -0.05) is 6.07 Å². The Balaban J connectivity index is 3.06. The number of alkyl halides is 2. The highest BCUT2D eigenvalue weighted by molar-refractivity contribution is 6.46. The molecular weight excluding hydrogens is 203 g/mol. The topological polar surface area (TPSA) is 56.0 Å². The number of halogens is 2. The zero-order valence-electron chi connectivity index (χ0n) is 5.78. The van der Waals surface area contributed by atoms with Crippen molar-refractivity contribution in [2.24, 2.45) is 0 Å². The van der Waals surface area contributed by atoms with E-state index in [9.17, 15) is 10.1 Å². The van der Waals surface area contributed by atoms with Crippen molar-refractivity contribution in [3.63, 3.8) is 0 Å². The van der Waals surface area contributed by atoms with Crippen molar-refractivity contribution < 1.29 is 4.92 Å². The van der Waals surface area contributed by atoms with Crippen molar-refractivity contribution in [2.75, 3.05) is 0 Å². The Morgan fingerprint density at radius 1 is 1.50 bits per heavy atom. The summed E-state index contributed by atoms with van der Waals surface area (Å²) in [6.45, 7) is 0. The molecule has 0 amide bonds. The molecule has 0 aliphatic heterocycles. The van der Waals surface area contributed by atoms with Crippen LogP contribution in [-0.2, 0) is 4.46 Å². The Morgan fingerprint density at radius 3 is 2.58 bits per heavy atom. The average Bonchev–Trinajstić information content (AvgIpc) is 2.06. The minimum atomic E-state index is -2.15. The number of rotatable bonds is 2. The molecule has 1 aromatic rings. The molecule has 0 fully saturated rings. The fourth-order valence-corrected chi connectivity index (χ4v) is 0.858. The molecule has 0 unspecified atom stereocenters. The van der Waals surface area contributed by atoms with Crippen molar-refractivity contribution in [2.45, 2.75) is 4.46 Å². The van der Waals surface area contributed by atoms with Crippen LogP contribution in [0.1, 0.15) is 5.69 Å². The quantitative estimate of drug-likeness (QED) is 0.322. The third kappa shape index (κ3) is 1.65. The van der Waals surface area contributed by atoms with Gasteiger partial charge < -0.3 is 0 Å². The third-order valence-electron chi connectivity index (χ3n) is 1.20. The molecule has 0 aliphatic rings. The second-order valence-electron chi connectivity index (χ2n) is 2.01. The molecule has 1 aromatic heterocycles. The average molecular weight is 207 g/mol. The zero-order chi connectivity index (χ0) is 9.19. The molecule has 0 spiro atoms. The van der Waals surface area contributed by atoms with E-state index in [4.69, 9.17) is 23.2 Å². The van der Waals surface area contributed by atoms with Gasteiger partial charge in [0.2, 0.25) is 0 Å². The van der Waals surface area contributed by atoms with Gasteiger partial charge in [0.05, 0.1) is 4.92 Å². The summed E-state index contributed by atoms with van der Waals surface area (Å²) < 4.78 is -2.15. The van der Waals surface area contributed by atoms with Gasteiger partial charge in [-0.25, -0.2) is 0 Å². The van der Waals surface area contributed by atoms with E-state index in [1.54, 1.807) is 12.1 Å². The lowest BCUT2D eigenvalue weighted by atomic mass is 10.3. The Morgan fingerprint density at radius 2 is 2.17 bits per heavy atom. The zero-order valence-corrected chi connectivity index (χ0v) is 7.29. The van der Waals surface area contributed by atoms with E-state index in [-0.39, 0.29) is 5.69 Å². The largest absolute Gasteiger partial charge is 0.413 e. The number of aromatic nitrogens is 1. The molecular formula is C6H4Cl2N2O2. The van der Waals surface area contributed by atoms with Gasteiger partial charge in [0.25, 0.3) is 0 Å². The molecule has 0 radical (unpaired) electrons. The summed E-state index contributed by atoms with van der Waals surface area (Å²) in [4.78, 5) is 13.2. The predicted molar refractivity (Wildman–Crippen MR) is 44.6 cm³/mol. The van der Waals surface area contributed by atoms with E-state index in [2.05, 4.69) is 4.98 Å². The number of pyridine rings is 1. The van der Waals surface area contributed by atoms with E-state index in [0.717, 1.165) is 0 Å². The van der Waals surface area contributed by atoms with Gasteiger partial charge in [-0.15, -0.1) is 0 Å². The van der Waals surface area contributed by atoms with Crippen LogP contribution in [0, 0.1) is 10.1 Å². The maximum Gasteiger partial charge on any atom is 0.413 e. The highest BCUT2D eigenvalue weighted by Gasteiger charge is 2.41. The third-order valence-corrected chi connectivity index (χ3v) is 1.87. The first-order valence-electron chi connectivity index (χ1n) is 2.99. The van der Waals surface area contributed by atoms with Gasteiger partial charge in [-0.3, -0.25) is 15.1 Å². The molecule has 0 N–H and O–H groups in total. The van der Waals surface area contributed by atoms with Gasteiger partial charge in [-0.05, 0) is 35.3 Å². The van der Waals surface area contributed by atoms with E-state index in [1.165, 1.54) is 12.3 Å². The van der Waals surface area contributed by atoms with Crippen LogP contribution in [-0.4, -0.2) is 9.91 Å². The molecule has 0 saturated heterocycles. The van der Waals surface area contributed by atoms with E-state index < -0.39 is 9.38 Å². The summed E-state index contributed by atoms with van der Waals surface area (Å²) >= 11 is 10.8. The molecule has 1 heterocycles. The second-order valence-corrected chi connectivity index (χ2v) is 3.30. The summed E-state index contributed by atoms with van der Waals surface area (Å²) in [7, 11) is 0. The Bertz CT molecular complexity index is 289. The number of nitrogens with zero attached hydrogens (tertiary/aromatic N) is 2. The van der Waals surface area contributed by atoms with Crippen LogP contribution in [0.15, 0.2) is 24.4 Å². The normalized spacial score (nSPS) is 11.2. The highest BCUT2D eigenvalue weighted by atomic mass is 35.5. The summed E-state index contributed by atoms with van der Waals surface area (Å²) in [5.41, 5.74) is 0.0123. The minimum Gasteiger partial charge on any atom is -0.261 e. The fraction of sp³-hybridized carbons (Fsp3) is 0.167. The first kappa shape index (κ1) is 9.22. The van der Waals surface area contributed by atoms with Gasteiger partial charge >= 0.3 is 4.46 Å². The second kappa shape index (κ2) is 3.25. The Hall–Kier alpha value is -0.870. The van der Waals surface area contributed by atoms with Crippen LogP contribution in [0.4, 0.5) is 0 Å². The number of hydrogen-bond donors (Lipinski definition) is 0. The van der Waals surface area contributed by atoms with Gasteiger partial charge in [0.15, 0.2) is 5.69 Å². The summed E-state index contributed by atoms with van der Waals surface area (Å²) in [5, 5.41) is 10.3. The Kier molecular flexibility index (Phi) is 2.49. The van der Waals surface area contributed by atoms with Crippen molar-refractivity contribution in [1.29, 1.82) is 0 Å². The maximum absolute atomic E-state index is 10.3. The molecule has 0 bridgehead atoms. The summed E-state index contributed by atoms with van der Waals surface area (Å²) in [6.07, 6.45) is 1.39. The van der Waals surface area contributed by atoms with Gasteiger partial charge in [-0.2, -0.15) is 0 Å². The molecule has 64 valence electrons. The van der Waals surface area contributed by atoms with E-state index in [0.29, 0.717) is 0 Å². The Labute approximate surface area is 78.3 Å². The lowest BCUT2D eigenvalue weighted by Gasteiger charge is -2.08. The van der Waals surface area contributed by atoms with Crippen molar-refractivity contribution >= 4 is 23.2 Å². The molecule has 1 rings (SSSR count). The van der Waals surface area contributed by atoms with Crippen LogP contribution >= 0.6 is 23.2 Å².